The quantitative estimate of drug-likeness (QED) is 0.898. The molecule has 0 aliphatic carbocycles. The zero-order chi connectivity index (χ0) is 15.6. The molecule has 0 bridgehead atoms. The summed E-state index contributed by atoms with van der Waals surface area (Å²) in [6.07, 6.45) is 0.873. The Morgan fingerprint density at radius 1 is 1.24 bits per heavy atom. The SMILES string of the molecule is COc1cc(C2CC(CN)CN2C)c(OC)c(F)c1OC. The molecule has 0 radical (unpaired) electrons. The number of benzene rings is 1. The minimum absolute atomic E-state index is 0.0582. The normalized spacial score (nSPS) is 22.4. The fourth-order valence-corrected chi connectivity index (χ4v) is 3.05. The number of halogens is 1. The molecule has 1 fully saturated rings. The molecule has 1 aliphatic heterocycles. The van der Waals surface area contributed by atoms with E-state index >= 15 is 0 Å². The van der Waals surface area contributed by atoms with Crippen molar-refractivity contribution in [2.45, 2.75) is 12.5 Å². The third-order valence-electron chi connectivity index (χ3n) is 4.13. The van der Waals surface area contributed by atoms with Gasteiger partial charge in [-0.25, -0.2) is 0 Å². The van der Waals surface area contributed by atoms with Crippen molar-refractivity contribution in [1.29, 1.82) is 0 Å². The number of likely N-dealkylation sites (tertiary alicyclic amines) is 1. The summed E-state index contributed by atoms with van der Waals surface area (Å²) in [7, 11) is 6.37. The fraction of sp³-hybridized carbons (Fsp3) is 0.600. The van der Waals surface area contributed by atoms with Crippen molar-refractivity contribution in [3.05, 3.63) is 17.4 Å². The van der Waals surface area contributed by atoms with Crippen LogP contribution in [0.5, 0.6) is 17.2 Å². The van der Waals surface area contributed by atoms with Gasteiger partial charge in [-0.2, -0.15) is 4.39 Å². The molecule has 2 atom stereocenters. The first kappa shape index (κ1) is 15.9. The Morgan fingerprint density at radius 2 is 1.90 bits per heavy atom. The van der Waals surface area contributed by atoms with Crippen molar-refractivity contribution in [2.75, 3.05) is 41.5 Å². The van der Waals surface area contributed by atoms with Crippen LogP contribution in [0.4, 0.5) is 4.39 Å². The van der Waals surface area contributed by atoms with Crippen LogP contribution >= 0.6 is 0 Å². The molecule has 1 saturated heterocycles. The molecular weight excluding hydrogens is 275 g/mol. The van der Waals surface area contributed by atoms with E-state index in [1.54, 1.807) is 6.07 Å². The van der Waals surface area contributed by atoms with E-state index in [1.165, 1.54) is 21.3 Å². The standard InChI is InChI=1S/C15H23FN2O3/c1-18-8-9(7-17)5-11(18)10-6-12(19-2)15(21-4)13(16)14(10)20-3/h6,9,11H,5,7-8,17H2,1-4H3. The van der Waals surface area contributed by atoms with Gasteiger partial charge < -0.3 is 19.9 Å². The second-order valence-electron chi connectivity index (χ2n) is 5.34. The number of hydrogen-bond donors (Lipinski definition) is 1. The van der Waals surface area contributed by atoms with E-state index in [4.69, 9.17) is 19.9 Å². The lowest BCUT2D eigenvalue weighted by Crippen LogP contribution is -2.21. The molecule has 2 unspecified atom stereocenters. The Hall–Kier alpha value is -1.53. The highest BCUT2D eigenvalue weighted by atomic mass is 19.1. The Kier molecular flexibility index (Phi) is 4.90. The first-order valence-corrected chi connectivity index (χ1v) is 6.96. The highest BCUT2D eigenvalue weighted by Crippen LogP contribution is 2.45. The van der Waals surface area contributed by atoms with E-state index in [1.807, 2.05) is 7.05 Å². The van der Waals surface area contributed by atoms with Crippen molar-refractivity contribution in [1.82, 2.24) is 4.90 Å². The maximum absolute atomic E-state index is 14.6. The van der Waals surface area contributed by atoms with Crippen LogP contribution in [0.25, 0.3) is 0 Å². The summed E-state index contributed by atoms with van der Waals surface area (Å²) in [6.45, 7) is 1.51. The third kappa shape index (κ3) is 2.78. The molecule has 2 N–H and O–H groups in total. The molecule has 1 heterocycles. The van der Waals surface area contributed by atoms with Crippen LogP contribution in [-0.4, -0.2) is 46.4 Å². The van der Waals surface area contributed by atoms with Crippen molar-refractivity contribution < 1.29 is 18.6 Å². The predicted octanol–water partition coefficient (Wildman–Crippen LogP) is 1.80. The van der Waals surface area contributed by atoms with Gasteiger partial charge in [0.05, 0.1) is 21.3 Å². The molecule has 21 heavy (non-hydrogen) atoms. The van der Waals surface area contributed by atoms with Crippen LogP contribution < -0.4 is 19.9 Å². The Balaban J connectivity index is 2.50. The van der Waals surface area contributed by atoms with Crippen molar-refractivity contribution in [3.63, 3.8) is 0 Å². The maximum Gasteiger partial charge on any atom is 0.211 e. The maximum atomic E-state index is 14.6. The van der Waals surface area contributed by atoms with Crippen LogP contribution in [0.15, 0.2) is 6.07 Å². The second-order valence-corrected chi connectivity index (χ2v) is 5.34. The zero-order valence-corrected chi connectivity index (χ0v) is 13.0. The number of ether oxygens (including phenoxy) is 3. The molecule has 1 aromatic rings. The van der Waals surface area contributed by atoms with E-state index in [9.17, 15) is 4.39 Å². The first-order chi connectivity index (χ1) is 10.1. The van der Waals surface area contributed by atoms with E-state index in [2.05, 4.69) is 4.90 Å². The van der Waals surface area contributed by atoms with Gasteiger partial charge in [-0.05, 0) is 32.0 Å². The van der Waals surface area contributed by atoms with E-state index in [-0.39, 0.29) is 17.5 Å². The summed E-state index contributed by atoms with van der Waals surface area (Å²) >= 11 is 0. The number of nitrogens with zero attached hydrogens (tertiary/aromatic N) is 1. The molecule has 6 heteroatoms. The number of rotatable bonds is 5. The summed E-state index contributed by atoms with van der Waals surface area (Å²) in [6, 6.07) is 1.85. The highest BCUT2D eigenvalue weighted by Gasteiger charge is 2.34. The first-order valence-electron chi connectivity index (χ1n) is 6.96. The van der Waals surface area contributed by atoms with Crippen LogP contribution in [-0.2, 0) is 0 Å². The molecule has 5 nitrogen and oxygen atoms in total. The van der Waals surface area contributed by atoms with Crippen LogP contribution in [0.1, 0.15) is 18.0 Å². The monoisotopic (exact) mass is 298 g/mol. The summed E-state index contributed by atoms with van der Waals surface area (Å²) in [5.41, 5.74) is 6.53. The molecule has 0 amide bonds. The average molecular weight is 298 g/mol. The van der Waals surface area contributed by atoms with Gasteiger partial charge in [0.2, 0.25) is 11.6 Å². The van der Waals surface area contributed by atoms with E-state index < -0.39 is 5.82 Å². The van der Waals surface area contributed by atoms with E-state index in [0.29, 0.717) is 18.2 Å². The lowest BCUT2D eigenvalue weighted by Gasteiger charge is -2.23. The molecule has 1 aliphatic rings. The van der Waals surface area contributed by atoms with E-state index in [0.717, 1.165) is 18.5 Å². The molecule has 1 aromatic carbocycles. The number of methoxy groups -OCH3 is 3. The average Bonchev–Trinajstić information content (AvgIpc) is 2.87. The fourth-order valence-electron chi connectivity index (χ4n) is 3.05. The van der Waals surface area contributed by atoms with Crippen molar-refractivity contribution in [3.8, 4) is 17.2 Å². The van der Waals surface area contributed by atoms with Gasteiger partial charge in [-0.15, -0.1) is 0 Å². The summed E-state index contributed by atoms with van der Waals surface area (Å²) in [4.78, 5) is 2.17. The Bertz CT molecular complexity index is 510. The highest BCUT2D eigenvalue weighted by molar-refractivity contribution is 5.53. The molecule has 2 rings (SSSR count). The van der Waals surface area contributed by atoms with Crippen LogP contribution in [0, 0.1) is 11.7 Å². The molecule has 0 saturated carbocycles. The number of nitrogens with two attached hydrogens (primary N) is 1. The summed E-state index contributed by atoms with van der Waals surface area (Å²) < 4.78 is 30.2. The predicted molar refractivity (Wildman–Crippen MR) is 78.6 cm³/mol. The summed E-state index contributed by atoms with van der Waals surface area (Å²) in [5, 5.41) is 0. The largest absolute Gasteiger partial charge is 0.493 e. The molecule has 0 aromatic heterocycles. The lowest BCUT2D eigenvalue weighted by molar-refractivity contribution is 0.287. The second kappa shape index (κ2) is 6.49. The number of hydrogen-bond acceptors (Lipinski definition) is 5. The van der Waals surface area contributed by atoms with Gasteiger partial charge in [-0.3, -0.25) is 4.90 Å². The van der Waals surface area contributed by atoms with Gasteiger partial charge in [0.1, 0.15) is 0 Å². The van der Waals surface area contributed by atoms with Crippen LogP contribution in [0.2, 0.25) is 0 Å². The van der Waals surface area contributed by atoms with Gasteiger partial charge in [0.25, 0.3) is 0 Å². The molecule has 0 spiro atoms. The minimum Gasteiger partial charge on any atom is -0.493 e. The Labute approximate surface area is 124 Å². The van der Waals surface area contributed by atoms with Gasteiger partial charge in [-0.1, -0.05) is 0 Å². The lowest BCUT2D eigenvalue weighted by atomic mass is 9.98. The smallest absolute Gasteiger partial charge is 0.211 e. The molecule has 118 valence electrons. The molecular formula is C15H23FN2O3. The van der Waals surface area contributed by atoms with Gasteiger partial charge in [0, 0.05) is 18.2 Å². The topological polar surface area (TPSA) is 57.0 Å². The van der Waals surface area contributed by atoms with Crippen LogP contribution in [0.3, 0.4) is 0 Å². The minimum atomic E-state index is -0.529. The van der Waals surface area contributed by atoms with Crippen molar-refractivity contribution in [2.24, 2.45) is 11.7 Å². The zero-order valence-electron chi connectivity index (χ0n) is 13.0. The third-order valence-corrected chi connectivity index (χ3v) is 4.13. The summed E-state index contributed by atoms with van der Waals surface area (Å²) in [5.74, 6) is 0.520. The van der Waals surface area contributed by atoms with Gasteiger partial charge >= 0.3 is 0 Å². The van der Waals surface area contributed by atoms with Crippen molar-refractivity contribution >= 4 is 0 Å². The van der Waals surface area contributed by atoms with Gasteiger partial charge in [0.15, 0.2) is 11.5 Å². The Morgan fingerprint density at radius 3 is 2.38 bits per heavy atom.